The number of ketones is 1. The van der Waals surface area contributed by atoms with E-state index in [0.717, 1.165) is 4.90 Å². The van der Waals surface area contributed by atoms with Crippen LogP contribution in [0.25, 0.3) is 0 Å². The van der Waals surface area contributed by atoms with Crippen LogP contribution in [0.4, 0.5) is 10.5 Å². The Labute approximate surface area is 119 Å². The lowest BCUT2D eigenvalue weighted by molar-refractivity contribution is -0.115. The van der Waals surface area contributed by atoms with Gasteiger partial charge in [-0.1, -0.05) is 6.07 Å². The fourth-order valence-electron chi connectivity index (χ4n) is 1.01. The Hall–Kier alpha value is -1.49. The number of nitrogens with one attached hydrogen (secondary N) is 1. The van der Waals surface area contributed by atoms with Gasteiger partial charge in [-0.3, -0.25) is 5.32 Å². The van der Waals surface area contributed by atoms with Gasteiger partial charge in [-0.2, -0.15) is 0 Å². The molecule has 0 spiro atoms. The van der Waals surface area contributed by atoms with Gasteiger partial charge >= 0.3 is 6.09 Å². The summed E-state index contributed by atoms with van der Waals surface area (Å²) >= 11 is 4.17. The summed E-state index contributed by atoms with van der Waals surface area (Å²) in [6.45, 7) is 8.52. The van der Waals surface area contributed by atoms with Crippen LogP contribution in [-0.2, 0) is 9.53 Å². The number of benzene rings is 1. The molecular weight excluding hydrogens is 262 g/mol. The van der Waals surface area contributed by atoms with Crippen LogP contribution in [-0.4, -0.2) is 17.5 Å². The van der Waals surface area contributed by atoms with Crippen LogP contribution in [0.3, 0.4) is 0 Å². The number of ether oxygens (including phenoxy) is 1. The first kappa shape index (κ1) is 17.5. The highest BCUT2D eigenvalue weighted by molar-refractivity contribution is 7.80. The minimum Gasteiger partial charge on any atom is -0.444 e. The first-order valence-corrected chi connectivity index (χ1v) is 6.31. The number of thiol groups is 1. The largest absolute Gasteiger partial charge is 0.444 e. The Balaban J connectivity index is 0.000000711. The Kier molecular flexibility index (Phi) is 7.22. The number of carbonyl (C=O) groups is 2. The molecule has 0 heterocycles. The van der Waals surface area contributed by atoms with Crippen molar-refractivity contribution in [2.75, 3.05) is 5.32 Å². The van der Waals surface area contributed by atoms with Gasteiger partial charge in [0, 0.05) is 10.6 Å². The van der Waals surface area contributed by atoms with Crippen LogP contribution in [0, 0.1) is 0 Å². The SMILES string of the molecule is CC(C)(C)OC(=O)Nc1cccc(S)c1.CC(C)=O. The van der Waals surface area contributed by atoms with Gasteiger partial charge in [-0.05, 0) is 52.8 Å². The topological polar surface area (TPSA) is 55.4 Å². The van der Waals surface area contributed by atoms with Crippen molar-refractivity contribution in [3.8, 4) is 0 Å². The van der Waals surface area contributed by atoms with Crippen LogP contribution in [0.1, 0.15) is 34.6 Å². The van der Waals surface area contributed by atoms with Crippen molar-refractivity contribution in [3.05, 3.63) is 24.3 Å². The summed E-state index contributed by atoms with van der Waals surface area (Å²) in [6, 6.07) is 7.19. The van der Waals surface area contributed by atoms with E-state index in [0.29, 0.717) is 5.69 Å². The molecule has 0 aromatic heterocycles. The highest BCUT2D eigenvalue weighted by atomic mass is 32.1. The molecule has 5 heteroatoms. The van der Waals surface area contributed by atoms with Gasteiger partial charge in [-0.15, -0.1) is 12.6 Å². The highest BCUT2D eigenvalue weighted by Crippen LogP contribution is 2.15. The Morgan fingerprint density at radius 2 is 1.74 bits per heavy atom. The minimum absolute atomic E-state index is 0.167. The average Bonchev–Trinajstić information content (AvgIpc) is 2.12. The zero-order chi connectivity index (χ0) is 15.1. The van der Waals surface area contributed by atoms with Gasteiger partial charge in [-0.25, -0.2) is 4.79 Å². The summed E-state index contributed by atoms with van der Waals surface area (Å²) in [4.78, 5) is 21.6. The smallest absolute Gasteiger partial charge is 0.412 e. The number of hydrogen-bond acceptors (Lipinski definition) is 4. The maximum Gasteiger partial charge on any atom is 0.412 e. The maximum absolute atomic E-state index is 11.4. The van der Waals surface area contributed by atoms with E-state index in [-0.39, 0.29) is 5.78 Å². The number of amides is 1. The van der Waals surface area contributed by atoms with Crippen molar-refractivity contribution in [3.63, 3.8) is 0 Å². The van der Waals surface area contributed by atoms with Gasteiger partial charge in [0.05, 0.1) is 0 Å². The highest BCUT2D eigenvalue weighted by Gasteiger charge is 2.15. The van der Waals surface area contributed by atoms with E-state index < -0.39 is 11.7 Å². The number of Topliss-reactive ketones (excluding diaryl/α,β-unsaturated/α-hetero) is 1. The van der Waals surface area contributed by atoms with E-state index in [1.165, 1.54) is 13.8 Å². The molecule has 0 fully saturated rings. The maximum atomic E-state index is 11.4. The zero-order valence-electron chi connectivity index (χ0n) is 12.0. The van der Waals surface area contributed by atoms with E-state index in [4.69, 9.17) is 4.74 Å². The standard InChI is InChI=1S/C11H15NO2S.C3H6O/c1-11(2,3)14-10(13)12-8-5-4-6-9(15)7-8;1-3(2)4/h4-7,15H,1-3H3,(H,12,13);1-2H3. The third-order valence-electron chi connectivity index (χ3n) is 1.49. The molecule has 0 saturated carbocycles. The molecule has 19 heavy (non-hydrogen) atoms. The molecule has 1 aromatic carbocycles. The van der Waals surface area contributed by atoms with E-state index in [9.17, 15) is 9.59 Å². The summed E-state index contributed by atoms with van der Waals surface area (Å²) in [5.74, 6) is 0.167. The molecule has 4 nitrogen and oxygen atoms in total. The van der Waals surface area contributed by atoms with Crippen LogP contribution >= 0.6 is 12.6 Å². The monoisotopic (exact) mass is 283 g/mol. The lowest BCUT2D eigenvalue weighted by Crippen LogP contribution is -2.27. The summed E-state index contributed by atoms with van der Waals surface area (Å²) in [5, 5.41) is 2.63. The predicted molar refractivity (Wildman–Crippen MR) is 79.9 cm³/mol. The molecule has 0 bridgehead atoms. The van der Waals surface area contributed by atoms with Gasteiger partial charge < -0.3 is 9.53 Å². The van der Waals surface area contributed by atoms with Crippen molar-refractivity contribution in [1.29, 1.82) is 0 Å². The molecule has 0 aliphatic carbocycles. The Bertz CT molecular complexity index is 435. The van der Waals surface area contributed by atoms with Crippen LogP contribution in [0.15, 0.2) is 29.2 Å². The number of anilines is 1. The molecule has 1 rings (SSSR count). The normalized spacial score (nSPS) is 10.0. The van der Waals surface area contributed by atoms with Crippen LogP contribution in [0.2, 0.25) is 0 Å². The van der Waals surface area contributed by atoms with Gasteiger partial charge in [0.15, 0.2) is 0 Å². The first-order valence-electron chi connectivity index (χ1n) is 5.86. The fraction of sp³-hybridized carbons (Fsp3) is 0.429. The van der Waals surface area contributed by atoms with E-state index in [2.05, 4.69) is 17.9 Å². The summed E-state index contributed by atoms with van der Waals surface area (Å²) in [5.41, 5.74) is 0.194. The van der Waals surface area contributed by atoms with Crippen LogP contribution in [0.5, 0.6) is 0 Å². The fourth-order valence-corrected chi connectivity index (χ4v) is 1.23. The second kappa shape index (κ2) is 7.84. The number of rotatable bonds is 1. The Morgan fingerprint density at radius 1 is 1.21 bits per heavy atom. The molecule has 0 atom stereocenters. The third kappa shape index (κ3) is 11.3. The second-order valence-corrected chi connectivity index (χ2v) is 5.60. The van der Waals surface area contributed by atoms with Crippen molar-refractivity contribution in [1.82, 2.24) is 0 Å². The van der Waals surface area contributed by atoms with E-state index in [1.807, 2.05) is 32.9 Å². The van der Waals surface area contributed by atoms with Gasteiger partial charge in [0.1, 0.15) is 11.4 Å². The molecule has 0 aliphatic heterocycles. The molecule has 1 amide bonds. The number of carbonyl (C=O) groups excluding carboxylic acids is 2. The lowest BCUT2D eigenvalue weighted by atomic mass is 10.2. The minimum atomic E-state index is -0.483. The molecule has 1 N–H and O–H groups in total. The molecule has 0 saturated heterocycles. The van der Waals surface area contributed by atoms with Crippen LogP contribution < -0.4 is 5.32 Å². The predicted octanol–water partition coefficient (Wildman–Crippen LogP) is 3.92. The molecule has 0 unspecified atom stereocenters. The quantitative estimate of drug-likeness (QED) is 0.768. The van der Waals surface area contributed by atoms with Crippen molar-refractivity contribution in [2.45, 2.75) is 45.1 Å². The summed E-state index contributed by atoms with van der Waals surface area (Å²) < 4.78 is 5.11. The molecular formula is C14H21NO3S. The van der Waals surface area contributed by atoms with Gasteiger partial charge in [0.2, 0.25) is 0 Å². The average molecular weight is 283 g/mol. The van der Waals surface area contributed by atoms with E-state index >= 15 is 0 Å². The lowest BCUT2D eigenvalue weighted by Gasteiger charge is -2.19. The molecule has 0 aliphatic rings. The van der Waals surface area contributed by atoms with Crippen molar-refractivity contribution >= 4 is 30.2 Å². The molecule has 0 radical (unpaired) electrons. The van der Waals surface area contributed by atoms with Crippen molar-refractivity contribution < 1.29 is 14.3 Å². The third-order valence-corrected chi connectivity index (χ3v) is 1.77. The van der Waals surface area contributed by atoms with E-state index in [1.54, 1.807) is 12.1 Å². The number of hydrogen-bond donors (Lipinski definition) is 2. The van der Waals surface area contributed by atoms with Gasteiger partial charge in [0.25, 0.3) is 0 Å². The summed E-state index contributed by atoms with van der Waals surface area (Å²) in [6.07, 6.45) is -0.457. The summed E-state index contributed by atoms with van der Waals surface area (Å²) in [7, 11) is 0. The Morgan fingerprint density at radius 3 is 2.16 bits per heavy atom. The zero-order valence-corrected chi connectivity index (χ0v) is 12.9. The first-order chi connectivity index (χ1) is 8.60. The van der Waals surface area contributed by atoms with Crippen molar-refractivity contribution in [2.24, 2.45) is 0 Å². The molecule has 106 valence electrons. The molecule has 1 aromatic rings. The second-order valence-electron chi connectivity index (χ2n) is 5.09.